The van der Waals surface area contributed by atoms with Crippen molar-refractivity contribution in [3.63, 3.8) is 0 Å². The summed E-state index contributed by atoms with van der Waals surface area (Å²) in [5.41, 5.74) is -1.40. The second-order valence-corrected chi connectivity index (χ2v) is 8.34. The number of hydrogen-bond acceptors (Lipinski definition) is 4. The van der Waals surface area contributed by atoms with E-state index < -0.39 is 38.8 Å². The number of carbonyl (C=O) groups excluding carboxylic acids is 1. The number of carboxylic acid groups (broad SMARTS) is 1. The van der Waals surface area contributed by atoms with Gasteiger partial charge in [-0.2, -0.15) is 0 Å². The van der Waals surface area contributed by atoms with Gasteiger partial charge >= 0.3 is 5.97 Å². The van der Waals surface area contributed by atoms with Crippen LogP contribution in [0.4, 0.5) is 0 Å². The van der Waals surface area contributed by atoms with Crippen LogP contribution in [0.3, 0.4) is 0 Å². The zero-order chi connectivity index (χ0) is 15.9. The van der Waals surface area contributed by atoms with E-state index in [2.05, 4.69) is 10.0 Å². The molecule has 20 heavy (non-hydrogen) atoms. The molecule has 0 aromatic heterocycles. The highest BCUT2D eigenvalue weighted by atomic mass is 32.2. The van der Waals surface area contributed by atoms with Crippen molar-refractivity contribution in [1.29, 1.82) is 0 Å². The predicted octanol–water partition coefficient (Wildman–Crippen LogP) is -0.213. The predicted molar refractivity (Wildman–Crippen MR) is 73.5 cm³/mol. The number of sulfonamides is 1. The Labute approximate surface area is 119 Å². The molecule has 0 saturated heterocycles. The average molecular weight is 306 g/mol. The van der Waals surface area contributed by atoms with Crippen LogP contribution in [0.5, 0.6) is 0 Å². The number of rotatable bonds is 6. The lowest BCUT2D eigenvalue weighted by Crippen LogP contribution is -2.51. The number of amides is 1. The molecule has 0 bridgehead atoms. The van der Waals surface area contributed by atoms with E-state index in [-0.39, 0.29) is 12.5 Å². The van der Waals surface area contributed by atoms with Gasteiger partial charge in [0.25, 0.3) is 0 Å². The molecule has 1 fully saturated rings. The maximum atomic E-state index is 12.0. The van der Waals surface area contributed by atoms with E-state index in [4.69, 9.17) is 5.11 Å². The summed E-state index contributed by atoms with van der Waals surface area (Å²) < 4.78 is 24.8. The zero-order valence-electron chi connectivity index (χ0n) is 12.4. The fraction of sp³-hybridized carbons (Fsp3) is 0.833. The second kappa shape index (κ2) is 5.00. The van der Waals surface area contributed by atoms with Crippen LogP contribution in [0, 0.1) is 17.3 Å². The van der Waals surface area contributed by atoms with Gasteiger partial charge in [-0.25, -0.2) is 13.1 Å². The molecule has 0 radical (unpaired) electrons. The molecule has 116 valence electrons. The monoisotopic (exact) mass is 306 g/mol. The topological polar surface area (TPSA) is 113 Å². The van der Waals surface area contributed by atoms with Gasteiger partial charge in [0.2, 0.25) is 15.9 Å². The van der Waals surface area contributed by atoms with Crippen LogP contribution in [0.2, 0.25) is 0 Å². The summed E-state index contributed by atoms with van der Waals surface area (Å²) in [4.78, 5) is 23.0. The summed E-state index contributed by atoms with van der Waals surface area (Å²) in [6, 6.07) is 0. The fourth-order valence-corrected chi connectivity index (χ4v) is 3.62. The normalized spacial score (nSPS) is 25.1. The van der Waals surface area contributed by atoms with Gasteiger partial charge in [0.1, 0.15) is 0 Å². The van der Waals surface area contributed by atoms with E-state index in [1.807, 2.05) is 0 Å². The maximum Gasteiger partial charge on any atom is 0.307 e. The molecule has 0 spiro atoms. The Kier molecular flexibility index (Phi) is 4.22. The Hall–Kier alpha value is -1.15. The Morgan fingerprint density at radius 1 is 1.25 bits per heavy atom. The molecule has 1 rings (SSSR count). The lowest BCUT2D eigenvalue weighted by atomic mass is 10.1. The Balaban J connectivity index is 2.59. The number of carboxylic acids is 1. The molecule has 1 amide bonds. The number of carbonyl (C=O) groups is 2. The summed E-state index contributed by atoms with van der Waals surface area (Å²) in [6.07, 6.45) is 1.04. The van der Waals surface area contributed by atoms with Crippen molar-refractivity contribution in [2.75, 3.05) is 12.8 Å². The molecule has 8 heteroatoms. The van der Waals surface area contributed by atoms with Crippen molar-refractivity contribution in [3.05, 3.63) is 0 Å². The summed E-state index contributed by atoms with van der Waals surface area (Å²) in [7, 11) is -3.38. The first-order valence-corrected chi connectivity index (χ1v) is 8.16. The van der Waals surface area contributed by atoms with Gasteiger partial charge in [0, 0.05) is 12.1 Å². The maximum absolute atomic E-state index is 12.0. The van der Waals surface area contributed by atoms with E-state index in [0.717, 1.165) is 6.26 Å². The van der Waals surface area contributed by atoms with Crippen molar-refractivity contribution < 1.29 is 23.1 Å². The van der Waals surface area contributed by atoms with Gasteiger partial charge < -0.3 is 10.4 Å². The molecule has 3 N–H and O–H groups in total. The molecule has 1 saturated carbocycles. The van der Waals surface area contributed by atoms with E-state index in [0.29, 0.717) is 0 Å². The molecule has 0 aromatic rings. The van der Waals surface area contributed by atoms with Gasteiger partial charge in [-0.15, -0.1) is 0 Å². The van der Waals surface area contributed by atoms with Gasteiger partial charge in [-0.05, 0) is 19.3 Å². The fourth-order valence-electron chi connectivity index (χ4n) is 2.54. The highest BCUT2D eigenvalue weighted by Crippen LogP contribution is 2.58. The minimum atomic E-state index is -3.38. The highest BCUT2D eigenvalue weighted by molar-refractivity contribution is 7.88. The number of aliphatic carboxylic acids is 1. The van der Waals surface area contributed by atoms with Crippen molar-refractivity contribution in [2.45, 2.75) is 33.2 Å². The first-order valence-electron chi connectivity index (χ1n) is 6.27. The number of nitrogens with one attached hydrogen (secondary N) is 2. The van der Waals surface area contributed by atoms with Gasteiger partial charge in [0.05, 0.1) is 18.1 Å². The zero-order valence-corrected chi connectivity index (χ0v) is 13.2. The molecule has 0 aromatic carbocycles. The molecular weight excluding hydrogens is 284 g/mol. The molecular formula is C12H22N2O5S. The van der Waals surface area contributed by atoms with Crippen molar-refractivity contribution in [1.82, 2.24) is 10.0 Å². The van der Waals surface area contributed by atoms with E-state index in [1.165, 1.54) is 0 Å². The SMILES string of the molecule is CC(C)(CNC(=O)[C@H]1[C@@H](C(=O)O)C1(C)C)NS(C)(=O)=O. The summed E-state index contributed by atoms with van der Waals surface area (Å²) in [6.45, 7) is 6.84. The molecule has 2 atom stereocenters. The first-order chi connectivity index (χ1) is 8.78. The van der Waals surface area contributed by atoms with Gasteiger partial charge in [0.15, 0.2) is 0 Å². The van der Waals surface area contributed by atoms with Crippen molar-refractivity contribution in [2.24, 2.45) is 17.3 Å². The van der Waals surface area contributed by atoms with E-state index in [1.54, 1.807) is 27.7 Å². The van der Waals surface area contributed by atoms with E-state index >= 15 is 0 Å². The Morgan fingerprint density at radius 3 is 2.10 bits per heavy atom. The Bertz CT molecular complexity index is 524. The molecule has 7 nitrogen and oxygen atoms in total. The molecule has 0 unspecified atom stereocenters. The van der Waals surface area contributed by atoms with Crippen molar-refractivity contribution >= 4 is 21.9 Å². The molecule has 0 heterocycles. The first kappa shape index (κ1) is 16.9. The third-order valence-electron chi connectivity index (χ3n) is 3.54. The third-order valence-corrected chi connectivity index (χ3v) is 4.47. The van der Waals surface area contributed by atoms with Crippen LogP contribution in [0.1, 0.15) is 27.7 Å². The van der Waals surface area contributed by atoms with Crippen LogP contribution in [-0.2, 0) is 19.6 Å². The minimum Gasteiger partial charge on any atom is -0.481 e. The quantitative estimate of drug-likeness (QED) is 0.628. The van der Waals surface area contributed by atoms with Gasteiger partial charge in [-0.3, -0.25) is 9.59 Å². The summed E-state index contributed by atoms with van der Waals surface area (Å²) >= 11 is 0. The highest BCUT2D eigenvalue weighted by Gasteiger charge is 2.65. The second-order valence-electron chi connectivity index (χ2n) is 6.59. The Morgan fingerprint density at radius 2 is 1.75 bits per heavy atom. The summed E-state index contributed by atoms with van der Waals surface area (Å²) in [5, 5.41) is 11.6. The van der Waals surface area contributed by atoms with Gasteiger partial charge in [-0.1, -0.05) is 13.8 Å². The van der Waals surface area contributed by atoms with Crippen molar-refractivity contribution in [3.8, 4) is 0 Å². The standard InChI is InChI=1S/C12H22N2O5S/c1-11(2,14-20(5,18)19)6-13-9(15)7-8(10(16)17)12(7,3)4/h7-8,14H,6H2,1-5H3,(H,13,15)(H,16,17)/t7-,8+/m1/s1. The van der Waals surface area contributed by atoms with E-state index in [9.17, 15) is 18.0 Å². The minimum absolute atomic E-state index is 0.0951. The largest absolute Gasteiger partial charge is 0.481 e. The van der Waals surface area contributed by atoms with Crippen LogP contribution in [-0.4, -0.2) is 43.7 Å². The number of hydrogen-bond donors (Lipinski definition) is 3. The molecule has 1 aliphatic carbocycles. The van der Waals surface area contributed by atoms with Crippen LogP contribution in [0.15, 0.2) is 0 Å². The molecule has 1 aliphatic rings. The van der Waals surface area contributed by atoms with Crippen LogP contribution >= 0.6 is 0 Å². The molecule has 0 aliphatic heterocycles. The third kappa shape index (κ3) is 3.92. The smallest absolute Gasteiger partial charge is 0.307 e. The summed E-state index contributed by atoms with van der Waals surface area (Å²) in [5.74, 6) is -2.60. The average Bonchev–Trinajstić information content (AvgIpc) is 2.74. The lowest BCUT2D eigenvalue weighted by molar-refractivity contribution is -0.140. The lowest BCUT2D eigenvalue weighted by Gasteiger charge is -2.25. The van der Waals surface area contributed by atoms with Crippen LogP contribution in [0.25, 0.3) is 0 Å². The van der Waals surface area contributed by atoms with Crippen LogP contribution < -0.4 is 10.0 Å².